The molecule has 1 aliphatic heterocycles. The number of nitrogens with one attached hydrogen (secondary N) is 2. The number of rotatable bonds is 4. The SMILES string of the molecule is CO[C@@H]1COC[C@@H]1NC(=O)NCc1ccc2ncccc2c1. The fourth-order valence-corrected chi connectivity index (χ4v) is 2.54. The maximum absolute atomic E-state index is 12.0. The first-order chi connectivity index (χ1) is 10.8. The second kappa shape index (κ2) is 6.72. The minimum Gasteiger partial charge on any atom is -0.377 e. The van der Waals surface area contributed by atoms with Gasteiger partial charge in [0, 0.05) is 25.2 Å². The molecule has 1 fully saturated rings. The molecule has 2 aromatic rings. The summed E-state index contributed by atoms with van der Waals surface area (Å²) in [5.41, 5.74) is 1.98. The Hall–Kier alpha value is -2.18. The van der Waals surface area contributed by atoms with E-state index in [1.54, 1.807) is 13.3 Å². The molecular formula is C16H19N3O3. The number of hydrogen-bond acceptors (Lipinski definition) is 4. The Morgan fingerprint density at radius 1 is 1.41 bits per heavy atom. The number of carbonyl (C=O) groups excluding carboxylic acids is 1. The third kappa shape index (κ3) is 3.35. The van der Waals surface area contributed by atoms with Crippen LogP contribution >= 0.6 is 0 Å². The molecule has 1 saturated heterocycles. The van der Waals surface area contributed by atoms with Gasteiger partial charge in [0.1, 0.15) is 6.10 Å². The van der Waals surface area contributed by atoms with Crippen molar-refractivity contribution in [3.8, 4) is 0 Å². The van der Waals surface area contributed by atoms with Gasteiger partial charge < -0.3 is 20.1 Å². The van der Waals surface area contributed by atoms with Crippen molar-refractivity contribution in [3.05, 3.63) is 42.1 Å². The van der Waals surface area contributed by atoms with Crippen LogP contribution in [0.2, 0.25) is 0 Å². The van der Waals surface area contributed by atoms with Crippen molar-refractivity contribution in [2.75, 3.05) is 20.3 Å². The Bertz CT molecular complexity index is 662. The molecule has 0 saturated carbocycles. The summed E-state index contributed by atoms with van der Waals surface area (Å²) in [5, 5.41) is 6.79. The predicted octanol–water partition coefficient (Wildman–Crippen LogP) is 1.45. The maximum Gasteiger partial charge on any atom is 0.315 e. The molecule has 1 aromatic heterocycles. The van der Waals surface area contributed by atoms with E-state index in [1.165, 1.54) is 0 Å². The van der Waals surface area contributed by atoms with Gasteiger partial charge in [-0.2, -0.15) is 0 Å². The summed E-state index contributed by atoms with van der Waals surface area (Å²) >= 11 is 0. The first-order valence-electron chi connectivity index (χ1n) is 7.25. The largest absolute Gasteiger partial charge is 0.377 e. The van der Waals surface area contributed by atoms with Crippen LogP contribution in [-0.4, -0.2) is 43.5 Å². The van der Waals surface area contributed by atoms with Crippen LogP contribution in [0.1, 0.15) is 5.56 Å². The summed E-state index contributed by atoms with van der Waals surface area (Å²) in [5.74, 6) is 0. The minimum absolute atomic E-state index is 0.0857. The number of ether oxygens (including phenoxy) is 2. The van der Waals surface area contributed by atoms with E-state index in [-0.39, 0.29) is 18.2 Å². The first kappa shape index (κ1) is 14.7. The van der Waals surface area contributed by atoms with E-state index >= 15 is 0 Å². The van der Waals surface area contributed by atoms with E-state index < -0.39 is 0 Å². The summed E-state index contributed by atoms with van der Waals surface area (Å²) in [4.78, 5) is 16.2. The van der Waals surface area contributed by atoms with Gasteiger partial charge in [0.2, 0.25) is 0 Å². The smallest absolute Gasteiger partial charge is 0.315 e. The molecule has 3 rings (SSSR count). The molecule has 2 heterocycles. The molecule has 6 nitrogen and oxygen atoms in total. The molecule has 6 heteroatoms. The highest BCUT2D eigenvalue weighted by molar-refractivity contribution is 5.79. The van der Waals surface area contributed by atoms with Crippen molar-refractivity contribution >= 4 is 16.9 Å². The van der Waals surface area contributed by atoms with Crippen LogP contribution in [0.25, 0.3) is 10.9 Å². The number of hydrogen-bond donors (Lipinski definition) is 2. The Balaban J connectivity index is 1.55. The van der Waals surface area contributed by atoms with Gasteiger partial charge in [-0.15, -0.1) is 0 Å². The van der Waals surface area contributed by atoms with Gasteiger partial charge in [0.15, 0.2) is 0 Å². The van der Waals surface area contributed by atoms with Crippen molar-refractivity contribution in [2.45, 2.75) is 18.7 Å². The average molecular weight is 301 g/mol. The van der Waals surface area contributed by atoms with Crippen LogP contribution in [0.15, 0.2) is 36.5 Å². The van der Waals surface area contributed by atoms with Gasteiger partial charge in [-0.1, -0.05) is 12.1 Å². The molecule has 2 N–H and O–H groups in total. The molecule has 0 radical (unpaired) electrons. The number of methoxy groups -OCH3 is 1. The highest BCUT2D eigenvalue weighted by atomic mass is 16.5. The molecule has 2 amide bonds. The monoisotopic (exact) mass is 301 g/mol. The minimum atomic E-state index is -0.219. The zero-order valence-electron chi connectivity index (χ0n) is 12.4. The van der Waals surface area contributed by atoms with Crippen LogP contribution < -0.4 is 10.6 Å². The molecule has 2 atom stereocenters. The summed E-state index contributed by atoms with van der Waals surface area (Å²) in [6.07, 6.45) is 1.68. The quantitative estimate of drug-likeness (QED) is 0.896. The summed E-state index contributed by atoms with van der Waals surface area (Å²) < 4.78 is 10.6. The third-order valence-corrected chi connectivity index (χ3v) is 3.77. The fraction of sp³-hybridized carbons (Fsp3) is 0.375. The fourth-order valence-electron chi connectivity index (χ4n) is 2.54. The van der Waals surface area contributed by atoms with Crippen molar-refractivity contribution in [1.29, 1.82) is 0 Å². The molecular weight excluding hydrogens is 282 g/mol. The van der Waals surface area contributed by atoms with Crippen molar-refractivity contribution in [2.24, 2.45) is 0 Å². The summed E-state index contributed by atoms with van der Waals surface area (Å²) in [6.45, 7) is 1.45. The van der Waals surface area contributed by atoms with E-state index in [0.29, 0.717) is 19.8 Å². The number of nitrogens with zero attached hydrogens (tertiary/aromatic N) is 1. The standard InChI is InChI=1S/C16H19N3O3/c1-21-15-10-22-9-14(15)19-16(20)18-8-11-4-5-13-12(7-11)3-2-6-17-13/h2-7,14-15H,8-10H2,1H3,(H2,18,19,20)/t14-,15+/m0/s1. The van der Waals surface area contributed by atoms with Crippen LogP contribution in [0.4, 0.5) is 4.79 Å². The van der Waals surface area contributed by atoms with Gasteiger partial charge in [-0.3, -0.25) is 4.98 Å². The first-order valence-corrected chi connectivity index (χ1v) is 7.25. The molecule has 1 aromatic carbocycles. The predicted molar refractivity (Wildman–Crippen MR) is 82.5 cm³/mol. The maximum atomic E-state index is 12.0. The van der Waals surface area contributed by atoms with Gasteiger partial charge in [-0.25, -0.2) is 4.79 Å². The Morgan fingerprint density at radius 2 is 2.32 bits per heavy atom. The number of pyridine rings is 1. The lowest BCUT2D eigenvalue weighted by Gasteiger charge is -2.18. The average Bonchev–Trinajstić information content (AvgIpc) is 3.00. The highest BCUT2D eigenvalue weighted by Gasteiger charge is 2.29. The summed E-state index contributed by atoms with van der Waals surface area (Å²) in [7, 11) is 1.62. The normalized spacial score (nSPS) is 21.0. The van der Waals surface area contributed by atoms with Gasteiger partial charge in [0.25, 0.3) is 0 Å². The second-order valence-corrected chi connectivity index (χ2v) is 5.28. The lowest BCUT2D eigenvalue weighted by molar-refractivity contribution is 0.0745. The lowest BCUT2D eigenvalue weighted by Crippen LogP contribution is -2.47. The van der Waals surface area contributed by atoms with E-state index in [2.05, 4.69) is 15.6 Å². The Morgan fingerprint density at radius 3 is 3.18 bits per heavy atom. The zero-order chi connectivity index (χ0) is 15.4. The molecule has 0 unspecified atom stereocenters. The molecule has 0 bridgehead atoms. The van der Waals surface area contributed by atoms with Crippen molar-refractivity contribution in [3.63, 3.8) is 0 Å². The van der Waals surface area contributed by atoms with Crippen molar-refractivity contribution < 1.29 is 14.3 Å². The van der Waals surface area contributed by atoms with Crippen LogP contribution in [0.3, 0.4) is 0 Å². The number of carbonyl (C=O) groups is 1. The van der Waals surface area contributed by atoms with Gasteiger partial charge >= 0.3 is 6.03 Å². The van der Waals surface area contributed by atoms with Crippen LogP contribution in [-0.2, 0) is 16.0 Å². The van der Waals surface area contributed by atoms with E-state index in [9.17, 15) is 4.79 Å². The van der Waals surface area contributed by atoms with E-state index in [0.717, 1.165) is 16.5 Å². The highest BCUT2D eigenvalue weighted by Crippen LogP contribution is 2.13. The molecule has 0 aliphatic carbocycles. The number of benzene rings is 1. The topological polar surface area (TPSA) is 72.5 Å². The van der Waals surface area contributed by atoms with Crippen LogP contribution in [0, 0.1) is 0 Å². The molecule has 0 spiro atoms. The second-order valence-electron chi connectivity index (χ2n) is 5.28. The molecule has 116 valence electrons. The Kier molecular flexibility index (Phi) is 4.50. The number of urea groups is 1. The summed E-state index contributed by atoms with van der Waals surface area (Å²) in [6, 6.07) is 9.53. The number of amides is 2. The van der Waals surface area contributed by atoms with E-state index in [4.69, 9.17) is 9.47 Å². The van der Waals surface area contributed by atoms with Crippen LogP contribution in [0.5, 0.6) is 0 Å². The molecule has 22 heavy (non-hydrogen) atoms. The Labute approximate surface area is 128 Å². The van der Waals surface area contributed by atoms with Gasteiger partial charge in [0.05, 0.1) is 24.8 Å². The third-order valence-electron chi connectivity index (χ3n) is 3.77. The number of fused-ring (bicyclic) bond motifs is 1. The molecule has 1 aliphatic rings. The zero-order valence-corrected chi connectivity index (χ0v) is 12.4. The van der Waals surface area contributed by atoms with Gasteiger partial charge in [-0.05, 0) is 23.8 Å². The van der Waals surface area contributed by atoms with E-state index in [1.807, 2.05) is 30.3 Å². The lowest BCUT2D eigenvalue weighted by atomic mass is 10.1. The van der Waals surface area contributed by atoms with Crippen molar-refractivity contribution in [1.82, 2.24) is 15.6 Å². The number of aromatic nitrogens is 1.